The molecule has 3 nitrogen and oxygen atoms in total. The van der Waals surface area contributed by atoms with E-state index in [1.165, 1.54) is 6.42 Å². The van der Waals surface area contributed by atoms with Crippen LogP contribution in [0.25, 0.3) is 0 Å². The molecule has 1 aromatic heterocycles. The van der Waals surface area contributed by atoms with Crippen LogP contribution in [-0.4, -0.2) is 15.8 Å². The van der Waals surface area contributed by atoms with Gasteiger partial charge in [-0.05, 0) is 12.0 Å². The fourth-order valence-electron chi connectivity index (χ4n) is 1.36. The highest BCUT2D eigenvalue weighted by Crippen LogP contribution is 2.05. The summed E-state index contributed by atoms with van der Waals surface area (Å²) < 4.78 is 2.05. The molecule has 15 heavy (non-hydrogen) atoms. The highest BCUT2D eigenvalue weighted by Gasteiger charge is 2.03. The zero-order valence-corrected chi connectivity index (χ0v) is 10.3. The van der Waals surface area contributed by atoms with Gasteiger partial charge in [0.25, 0.3) is 0 Å². The van der Waals surface area contributed by atoms with Crippen LogP contribution in [0.1, 0.15) is 39.8 Å². The minimum Gasteiger partial charge on any atom is -0.309 e. The van der Waals surface area contributed by atoms with Gasteiger partial charge in [-0.1, -0.05) is 34.1 Å². The third-order valence-electron chi connectivity index (χ3n) is 2.58. The largest absolute Gasteiger partial charge is 0.309 e. The van der Waals surface area contributed by atoms with E-state index in [9.17, 15) is 0 Å². The fourth-order valence-corrected chi connectivity index (χ4v) is 1.36. The van der Waals surface area contributed by atoms with Gasteiger partial charge in [-0.15, -0.1) is 0 Å². The first-order valence-electron chi connectivity index (χ1n) is 5.87. The molecule has 1 atom stereocenters. The Morgan fingerprint density at radius 2 is 2.13 bits per heavy atom. The van der Waals surface area contributed by atoms with Crippen molar-refractivity contribution in [3.8, 4) is 0 Å². The minimum atomic E-state index is 0.518. The topological polar surface area (TPSA) is 29.9 Å². The molecule has 0 bridgehead atoms. The summed E-state index contributed by atoms with van der Waals surface area (Å²) in [6.07, 6.45) is 3.28. The number of nitrogens with one attached hydrogen (secondary N) is 1. The maximum atomic E-state index is 4.52. The van der Waals surface area contributed by atoms with Gasteiger partial charge in [0.1, 0.15) is 0 Å². The maximum absolute atomic E-state index is 4.52. The summed E-state index contributed by atoms with van der Waals surface area (Å²) in [7, 11) is 0. The van der Waals surface area contributed by atoms with Crippen LogP contribution in [0.4, 0.5) is 0 Å². The summed E-state index contributed by atoms with van der Waals surface area (Å²) in [6, 6.07) is 2.61. The van der Waals surface area contributed by atoms with Gasteiger partial charge in [0.2, 0.25) is 0 Å². The average molecular weight is 209 g/mol. The van der Waals surface area contributed by atoms with Crippen molar-refractivity contribution in [2.24, 2.45) is 5.92 Å². The number of hydrogen-bond donors (Lipinski definition) is 1. The van der Waals surface area contributed by atoms with E-state index in [1.54, 1.807) is 0 Å². The molecule has 0 aliphatic carbocycles. The molecule has 0 saturated heterocycles. The Kier molecular flexibility index (Phi) is 4.82. The molecule has 1 unspecified atom stereocenters. The predicted octanol–water partition coefficient (Wildman–Crippen LogP) is 2.43. The molecular formula is C12H23N3. The third-order valence-corrected chi connectivity index (χ3v) is 2.58. The van der Waals surface area contributed by atoms with Crippen LogP contribution in [0.3, 0.4) is 0 Å². The number of rotatable bonds is 6. The lowest BCUT2D eigenvalue weighted by atomic mass is 10.1. The molecule has 0 aromatic carbocycles. The van der Waals surface area contributed by atoms with Gasteiger partial charge in [-0.25, -0.2) is 0 Å². The van der Waals surface area contributed by atoms with Gasteiger partial charge in [-0.3, -0.25) is 4.68 Å². The van der Waals surface area contributed by atoms with E-state index in [4.69, 9.17) is 0 Å². The first kappa shape index (κ1) is 12.2. The van der Waals surface area contributed by atoms with Crippen LogP contribution in [0, 0.1) is 5.92 Å². The summed E-state index contributed by atoms with van der Waals surface area (Å²) in [4.78, 5) is 0. The van der Waals surface area contributed by atoms with Gasteiger partial charge < -0.3 is 5.32 Å². The van der Waals surface area contributed by atoms with Crippen LogP contribution in [0.2, 0.25) is 0 Å². The average Bonchev–Trinajstić information content (AvgIpc) is 2.62. The molecule has 1 N–H and O–H groups in total. The maximum Gasteiger partial charge on any atom is 0.0762 e. The first-order chi connectivity index (χ1) is 7.11. The molecule has 0 radical (unpaired) electrons. The standard InChI is InChI=1S/C12H23N3/c1-5-11(4)9-15-7-6-12(14-15)8-13-10(2)3/h6-7,10-11,13H,5,8-9H2,1-4H3. The Labute approximate surface area is 92.9 Å². The Balaban J connectivity index is 2.42. The Morgan fingerprint density at radius 1 is 1.40 bits per heavy atom. The summed E-state index contributed by atoms with van der Waals surface area (Å²) in [6.45, 7) is 10.7. The summed E-state index contributed by atoms with van der Waals surface area (Å²) in [5.41, 5.74) is 1.13. The second kappa shape index (κ2) is 5.91. The van der Waals surface area contributed by atoms with Crippen molar-refractivity contribution in [2.45, 2.75) is 53.2 Å². The van der Waals surface area contributed by atoms with Crippen molar-refractivity contribution in [1.29, 1.82) is 0 Å². The zero-order chi connectivity index (χ0) is 11.3. The van der Waals surface area contributed by atoms with Crippen molar-refractivity contribution in [2.75, 3.05) is 0 Å². The monoisotopic (exact) mass is 209 g/mol. The van der Waals surface area contributed by atoms with Crippen LogP contribution >= 0.6 is 0 Å². The summed E-state index contributed by atoms with van der Waals surface area (Å²) >= 11 is 0. The Bertz CT molecular complexity index is 278. The molecular weight excluding hydrogens is 186 g/mol. The van der Waals surface area contributed by atoms with E-state index >= 15 is 0 Å². The predicted molar refractivity (Wildman–Crippen MR) is 63.7 cm³/mol. The van der Waals surface area contributed by atoms with Crippen LogP contribution in [0.5, 0.6) is 0 Å². The molecule has 1 rings (SSSR count). The number of hydrogen-bond acceptors (Lipinski definition) is 2. The molecule has 0 amide bonds. The molecule has 3 heteroatoms. The van der Waals surface area contributed by atoms with E-state index in [2.05, 4.69) is 50.4 Å². The van der Waals surface area contributed by atoms with Crippen molar-refractivity contribution in [3.63, 3.8) is 0 Å². The molecule has 0 spiro atoms. The SMILES string of the molecule is CCC(C)Cn1ccc(CNC(C)C)n1. The highest BCUT2D eigenvalue weighted by molar-refractivity contribution is 4.98. The van der Waals surface area contributed by atoms with Gasteiger partial charge in [0.15, 0.2) is 0 Å². The number of nitrogens with zero attached hydrogens (tertiary/aromatic N) is 2. The molecule has 0 fully saturated rings. The Hall–Kier alpha value is -0.830. The van der Waals surface area contributed by atoms with E-state index in [0.717, 1.165) is 18.8 Å². The smallest absolute Gasteiger partial charge is 0.0762 e. The Morgan fingerprint density at radius 3 is 2.73 bits per heavy atom. The van der Waals surface area contributed by atoms with Gasteiger partial charge in [0, 0.05) is 25.3 Å². The van der Waals surface area contributed by atoms with E-state index in [1.807, 2.05) is 4.68 Å². The lowest BCUT2D eigenvalue weighted by molar-refractivity contribution is 0.435. The van der Waals surface area contributed by atoms with Gasteiger partial charge in [0.05, 0.1) is 5.69 Å². The van der Waals surface area contributed by atoms with Crippen LogP contribution < -0.4 is 5.32 Å². The second-order valence-electron chi connectivity index (χ2n) is 4.58. The van der Waals surface area contributed by atoms with Gasteiger partial charge in [-0.2, -0.15) is 5.10 Å². The van der Waals surface area contributed by atoms with Gasteiger partial charge >= 0.3 is 0 Å². The lowest BCUT2D eigenvalue weighted by Crippen LogP contribution is -2.22. The minimum absolute atomic E-state index is 0.518. The van der Waals surface area contributed by atoms with Crippen molar-refractivity contribution >= 4 is 0 Å². The van der Waals surface area contributed by atoms with Crippen LogP contribution in [-0.2, 0) is 13.1 Å². The van der Waals surface area contributed by atoms with E-state index in [-0.39, 0.29) is 0 Å². The van der Waals surface area contributed by atoms with E-state index in [0.29, 0.717) is 12.0 Å². The van der Waals surface area contributed by atoms with E-state index < -0.39 is 0 Å². The normalized spacial score (nSPS) is 13.4. The lowest BCUT2D eigenvalue weighted by Gasteiger charge is -2.08. The summed E-state index contributed by atoms with van der Waals surface area (Å²) in [5.74, 6) is 0.704. The fraction of sp³-hybridized carbons (Fsp3) is 0.750. The molecule has 0 saturated carbocycles. The second-order valence-corrected chi connectivity index (χ2v) is 4.58. The van der Waals surface area contributed by atoms with Crippen molar-refractivity contribution in [1.82, 2.24) is 15.1 Å². The highest BCUT2D eigenvalue weighted by atomic mass is 15.3. The quantitative estimate of drug-likeness (QED) is 0.780. The summed E-state index contributed by atoms with van der Waals surface area (Å²) in [5, 5.41) is 7.89. The van der Waals surface area contributed by atoms with Crippen molar-refractivity contribution < 1.29 is 0 Å². The zero-order valence-electron chi connectivity index (χ0n) is 10.3. The molecule has 0 aliphatic heterocycles. The molecule has 1 heterocycles. The molecule has 86 valence electrons. The van der Waals surface area contributed by atoms with Crippen LogP contribution in [0.15, 0.2) is 12.3 Å². The molecule has 0 aliphatic rings. The third kappa shape index (κ3) is 4.47. The van der Waals surface area contributed by atoms with Crippen molar-refractivity contribution in [3.05, 3.63) is 18.0 Å². The first-order valence-corrected chi connectivity index (χ1v) is 5.87. The number of aromatic nitrogens is 2. The molecule has 1 aromatic rings.